The summed E-state index contributed by atoms with van der Waals surface area (Å²) < 4.78 is 15.1. The van der Waals surface area contributed by atoms with Crippen LogP contribution < -0.4 is 20.3 Å². The third-order valence-electron chi connectivity index (χ3n) is 3.09. The van der Waals surface area contributed by atoms with E-state index in [9.17, 15) is 19.6 Å². The van der Waals surface area contributed by atoms with Crippen LogP contribution in [-0.2, 0) is 25.3 Å². The summed E-state index contributed by atoms with van der Waals surface area (Å²) in [5.41, 5.74) is 5.96. The number of rotatable bonds is 10. The molecule has 0 spiro atoms. The molecule has 0 radical (unpaired) electrons. The molecule has 1 aromatic rings. The molecule has 2 atom stereocenters. The smallest absolute Gasteiger partial charge is 0.310 e. The first kappa shape index (κ1) is 20.3. The van der Waals surface area contributed by atoms with E-state index in [1.165, 1.54) is 7.11 Å². The van der Waals surface area contributed by atoms with Crippen LogP contribution in [0.15, 0.2) is 24.3 Å². The molecule has 2 unspecified atom stereocenters. The first-order chi connectivity index (χ1) is 11.3. The summed E-state index contributed by atoms with van der Waals surface area (Å²) in [6.07, 6.45) is -0.241. The molecule has 0 fully saturated rings. The SMILES string of the molecule is CCOC(=O)Cc1cccc(O[P+]([O-])(CCC(N)C(=O)[O-])OC)c1. The Balaban J connectivity index is 2.74. The Labute approximate surface area is 141 Å². The van der Waals surface area contributed by atoms with Gasteiger partial charge in [0.2, 0.25) is 0 Å². The molecule has 1 rings (SSSR count). The zero-order valence-electron chi connectivity index (χ0n) is 13.6. The first-order valence-corrected chi connectivity index (χ1v) is 9.08. The average Bonchev–Trinajstić information content (AvgIpc) is 2.53. The Kier molecular flexibility index (Phi) is 8.07. The number of hydrogen-bond donors (Lipinski definition) is 1. The van der Waals surface area contributed by atoms with Gasteiger partial charge in [-0.3, -0.25) is 4.79 Å². The highest BCUT2D eigenvalue weighted by molar-refractivity contribution is 7.59. The van der Waals surface area contributed by atoms with Gasteiger partial charge in [0, 0.05) is 12.5 Å². The number of carbonyl (C=O) groups is 2. The molecule has 134 valence electrons. The summed E-state index contributed by atoms with van der Waals surface area (Å²) in [6.45, 7) is 2.00. The predicted octanol–water partition coefficient (Wildman–Crippen LogP) is -0.592. The molecular weight excluding hydrogens is 337 g/mol. The summed E-state index contributed by atoms with van der Waals surface area (Å²) >= 11 is 0. The van der Waals surface area contributed by atoms with Gasteiger partial charge in [-0.1, -0.05) is 12.1 Å². The molecule has 9 heteroatoms. The first-order valence-electron chi connectivity index (χ1n) is 7.35. The van der Waals surface area contributed by atoms with Gasteiger partial charge in [-0.05, 0) is 24.6 Å². The maximum Gasteiger partial charge on any atom is 0.310 e. The zero-order chi connectivity index (χ0) is 18.2. The van der Waals surface area contributed by atoms with Crippen molar-refractivity contribution in [3.05, 3.63) is 29.8 Å². The maximum absolute atomic E-state index is 12.5. The normalized spacial score (nSPS) is 14.5. The molecule has 0 saturated carbocycles. The molecule has 0 saturated heterocycles. The minimum atomic E-state index is -3.57. The molecule has 24 heavy (non-hydrogen) atoms. The van der Waals surface area contributed by atoms with E-state index in [1.807, 2.05) is 0 Å². The van der Waals surface area contributed by atoms with E-state index in [1.54, 1.807) is 31.2 Å². The van der Waals surface area contributed by atoms with E-state index < -0.39 is 20.0 Å². The van der Waals surface area contributed by atoms with E-state index in [-0.39, 0.29) is 37.3 Å². The van der Waals surface area contributed by atoms with Crippen molar-refractivity contribution in [2.24, 2.45) is 5.73 Å². The fraction of sp³-hybridized carbons (Fsp3) is 0.467. The monoisotopic (exact) mass is 358 g/mol. The van der Waals surface area contributed by atoms with Crippen molar-refractivity contribution in [3.8, 4) is 5.75 Å². The van der Waals surface area contributed by atoms with Gasteiger partial charge in [0.15, 0.2) is 5.75 Å². The molecule has 0 heterocycles. The van der Waals surface area contributed by atoms with Crippen molar-refractivity contribution in [2.75, 3.05) is 19.9 Å². The number of carboxylic acids is 1. The number of carbonyl (C=O) groups excluding carboxylic acids is 2. The van der Waals surface area contributed by atoms with E-state index in [0.717, 1.165) is 0 Å². The van der Waals surface area contributed by atoms with Crippen LogP contribution in [0.4, 0.5) is 0 Å². The minimum Gasteiger partial charge on any atom is -0.624 e. The number of esters is 1. The van der Waals surface area contributed by atoms with Crippen LogP contribution >= 0.6 is 7.94 Å². The molecule has 0 aromatic heterocycles. The van der Waals surface area contributed by atoms with Crippen molar-refractivity contribution >= 4 is 19.9 Å². The average molecular weight is 358 g/mol. The summed E-state index contributed by atoms with van der Waals surface area (Å²) in [5.74, 6) is -1.58. The van der Waals surface area contributed by atoms with Crippen molar-refractivity contribution in [3.63, 3.8) is 0 Å². The third-order valence-corrected chi connectivity index (χ3v) is 4.94. The van der Waals surface area contributed by atoms with Crippen LogP contribution in [0, 0.1) is 0 Å². The van der Waals surface area contributed by atoms with Gasteiger partial charge in [0.1, 0.15) is 6.16 Å². The van der Waals surface area contributed by atoms with Gasteiger partial charge in [-0.2, -0.15) is 0 Å². The standard InChI is InChI=1S/C15H22NO7P/c1-3-22-14(17)10-11-5-4-6-12(9-11)23-24(20,21-2)8-7-13(16)15(18)19/h4-6,9,13H,3,7-8,10,16H2,1-2H3,(H,18,19)/p-1. The lowest BCUT2D eigenvalue weighted by atomic mass is 10.1. The predicted molar refractivity (Wildman–Crippen MR) is 83.8 cm³/mol. The van der Waals surface area contributed by atoms with Gasteiger partial charge < -0.3 is 29.8 Å². The van der Waals surface area contributed by atoms with Gasteiger partial charge in [-0.15, -0.1) is 0 Å². The van der Waals surface area contributed by atoms with Crippen molar-refractivity contribution < 1.29 is 33.4 Å². The van der Waals surface area contributed by atoms with Crippen LogP contribution in [0.2, 0.25) is 0 Å². The Hall–Kier alpha value is -1.73. The Morgan fingerprint density at radius 1 is 1.38 bits per heavy atom. The summed E-state index contributed by atoms with van der Waals surface area (Å²) in [6, 6.07) is 5.18. The molecule has 0 aliphatic heterocycles. The Bertz CT molecular complexity index is 569. The van der Waals surface area contributed by atoms with Crippen LogP contribution in [0.5, 0.6) is 5.75 Å². The minimum absolute atomic E-state index is 0.0535. The van der Waals surface area contributed by atoms with Gasteiger partial charge >= 0.3 is 5.97 Å². The molecule has 0 amide bonds. The molecule has 0 aliphatic carbocycles. The number of aliphatic carboxylic acids is 1. The van der Waals surface area contributed by atoms with E-state index >= 15 is 0 Å². The summed E-state index contributed by atoms with van der Waals surface area (Å²) in [4.78, 5) is 34.6. The number of benzene rings is 1. The van der Waals surface area contributed by atoms with Crippen molar-refractivity contribution in [1.29, 1.82) is 0 Å². The van der Waals surface area contributed by atoms with Crippen LogP contribution in [0.3, 0.4) is 0 Å². The Morgan fingerprint density at radius 3 is 2.67 bits per heavy atom. The molecule has 0 bridgehead atoms. The molecule has 2 N–H and O–H groups in total. The quantitative estimate of drug-likeness (QED) is 0.433. The van der Waals surface area contributed by atoms with E-state index in [2.05, 4.69) is 0 Å². The number of hydrogen-bond acceptors (Lipinski definition) is 8. The number of carboxylic acid groups (broad SMARTS) is 1. The zero-order valence-corrected chi connectivity index (χ0v) is 14.5. The van der Waals surface area contributed by atoms with Crippen LogP contribution in [-0.4, -0.2) is 37.9 Å². The van der Waals surface area contributed by atoms with E-state index in [0.29, 0.717) is 5.56 Å². The third kappa shape index (κ3) is 6.80. The largest absolute Gasteiger partial charge is 0.624 e. The molecule has 1 aromatic carbocycles. The second-order valence-electron chi connectivity index (χ2n) is 4.95. The lowest BCUT2D eigenvalue weighted by molar-refractivity contribution is -0.307. The summed E-state index contributed by atoms with van der Waals surface area (Å²) in [7, 11) is -2.37. The second-order valence-corrected chi connectivity index (χ2v) is 7.17. The van der Waals surface area contributed by atoms with Gasteiger partial charge in [-0.25, -0.2) is 4.52 Å². The fourth-order valence-corrected chi connectivity index (χ4v) is 3.22. The van der Waals surface area contributed by atoms with Crippen molar-refractivity contribution in [1.82, 2.24) is 0 Å². The topological polar surface area (TPSA) is 134 Å². The van der Waals surface area contributed by atoms with Gasteiger partial charge in [0.05, 0.1) is 26.1 Å². The van der Waals surface area contributed by atoms with Gasteiger partial charge in [0.25, 0.3) is 7.94 Å². The molecular formula is C15H21NO7P-. The Morgan fingerprint density at radius 2 is 2.08 bits per heavy atom. The molecule has 8 nitrogen and oxygen atoms in total. The van der Waals surface area contributed by atoms with Crippen LogP contribution in [0.1, 0.15) is 18.9 Å². The lowest BCUT2D eigenvalue weighted by Crippen LogP contribution is -2.43. The highest BCUT2D eigenvalue weighted by Crippen LogP contribution is 2.52. The maximum atomic E-state index is 12.5. The lowest BCUT2D eigenvalue weighted by Gasteiger charge is -2.27. The van der Waals surface area contributed by atoms with Crippen LogP contribution in [0.25, 0.3) is 0 Å². The van der Waals surface area contributed by atoms with Crippen molar-refractivity contribution in [2.45, 2.75) is 25.8 Å². The highest BCUT2D eigenvalue weighted by Gasteiger charge is 2.31. The summed E-state index contributed by atoms with van der Waals surface area (Å²) in [5, 5.41) is 10.6. The highest BCUT2D eigenvalue weighted by atomic mass is 31.2. The fourth-order valence-electron chi connectivity index (χ4n) is 1.84. The number of nitrogens with two attached hydrogens (primary N) is 1. The van der Waals surface area contributed by atoms with E-state index in [4.69, 9.17) is 19.5 Å². The second kappa shape index (κ2) is 9.54. The molecule has 0 aliphatic rings. The number of ether oxygens (including phenoxy) is 1.